The quantitative estimate of drug-likeness (QED) is 0.670. The average molecular weight is 467 g/mol. The number of halogens is 1. The molecule has 0 saturated heterocycles. The molecule has 0 fully saturated rings. The zero-order valence-electron chi connectivity index (χ0n) is 18.0. The summed E-state index contributed by atoms with van der Waals surface area (Å²) in [5.41, 5.74) is 2.01. The van der Waals surface area contributed by atoms with Crippen LogP contribution >= 0.6 is 11.6 Å². The first-order valence-electron chi connectivity index (χ1n) is 10.1. The molecule has 168 valence electrons. The van der Waals surface area contributed by atoms with E-state index >= 15 is 0 Å². The van der Waals surface area contributed by atoms with Gasteiger partial charge in [0.25, 0.3) is 0 Å². The molecule has 0 unspecified atom stereocenters. The van der Waals surface area contributed by atoms with Crippen LogP contribution in [0.1, 0.15) is 37.4 Å². The van der Waals surface area contributed by atoms with Gasteiger partial charge < -0.3 is 14.8 Å². The lowest BCUT2D eigenvalue weighted by molar-refractivity contribution is -0.122. The highest BCUT2D eigenvalue weighted by Gasteiger charge is 2.32. The van der Waals surface area contributed by atoms with Crippen molar-refractivity contribution in [2.75, 3.05) is 23.8 Å². The molecule has 1 aliphatic heterocycles. The molecule has 2 aromatic rings. The number of nitrogens with zero attached hydrogens (tertiary/aromatic N) is 1. The number of anilines is 1. The molecular formula is C22H27ClN2O5S. The summed E-state index contributed by atoms with van der Waals surface area (Å²) in [4.78, 5) is 13.2. The fraction of sp³-hybridized carbons (Fsp3) is 0.409. The van der Waals surface area contributed by atoms with E-state index in [4.69, 9.17) is 21.1 Å². The number of hydrogen-bond acceptors (Lipinski definition) is 5. The average Bonchev–Trinajstić information content (AvgIpc) is 2.72. The molecule has 0 aliphatic carbocycles. The number of sulfonamides is 1. The third-order valence-electron chi connectivity index (χ3n) is 5.16. The summed E-state index contributed by atoms with van der Waals surface area (Å²) in [6.45, 7) is 6.41. The van der Waals surface area contributed by atoms with Crippen LogP contribution in [0.25, 0.3) is 0 Å². The van der Waals surface area contributed by atoms with Crippen LogP contribution in [0.5, 0.6) is 11.5 Å². The van der Waals surface area contributed by atoms with Gasteiger partial charge in [-0.3, -0.25) is 9.10 Å². The lowest BCUT2D eigenvalue weighted by Gasteiger charge is -2.31. The lowest BCUT2D eigenvalue weighted by Crippen LogP contribution is -2.49. The summed E-state index contributed by atoms with van der Waals surface area (Å²) in [7, 11) is -3.74. The highest BCUT2D eigenvalue weighted by Crippen LogP contribution is 2.33. The van der Waals surface area contributed by atoms with Gasteiger partial charge in [0.2, 0.25) is 15.9 Å². The number of nitrogens with one attached hydrogen (secondary N) is 1. The normalized spacial score (nSPS) is 15.1. The number of benzene rings is 2. The van der Waals surface area contributed by atoms with Gasteiger partial charge in [-0.25, -0.2) is 8.42 Å². The summed E-state index contributed by atoms with van der Waals surface area (Å²) in [6.07, 6.45) is 1.37. The molecule has 1 heterocycles. The molecule has 1 N–H and O–H groups in total. The number of carbonyl (C=O) groups is 1. The minimum atomic E-state index is -3.74. The second-order valence-corrected chi connectivity index (χ2v) is 9.82. The Hall–Kier alpha value is -2.45. The molecule has 0 saturated carbocycles. The molecule has 9 heteroatoms. The van der Waals surface area contributed by atoms with Gasteiger partial charge >= 0.3 is 0 Å². The van der Waals surface area contributed by atoms with Crippen molar-refractivity contribution in [1.29, 1.82) is 0 Å². The largest absolute Gasteiger partial charge is 0.486 e. The fourth-order valence-corrected chi connectivity index (χ4v) is 4.88. The topological polar surface area (TPSA) is 84.9 Å². The highest BCUT2D eigenvalue weighted by atomic mass is 35.5. The van der Waals surface area contributed by atoms with Gasteiger partial charge in [0.15, 0.2) is 11.5 Å². The van der Waals surface area contributed by atoms with E-state index in [1.54, 1.807) is 31.2 Å². The first kappa shape index (κ1) is 23.2. The first-order chi connectivity index (χ1) is 14.6. The third kappa shape index (κ3) is 5.25. The Morgan fingerprint density at radius 3 is 2.45 bits per heavy atom. The van der Waals surface area contributed by atoms with Crippen LogP contribution in [-0.2, 0) is 14.8 Å². The summed E-state index contributed by atoms with van der Waals surface area (Å²) >= 11 is 6.21. The fourth-order valence-electron chi connectivity index (χ4n) is 3.50. The maximum Gasteiger partial charge on any atom is 0.244 e. The van der Waals surface area contributed by atoms with Crippen LogP contribution in [0.3, 0.4) is 0 Å². The van der Waals surface area contributed by atoms with E-state index < -0.39 is 22.0 Å². The van der Waals surface area contributed by atoms with Crippen molar-refractivity contribution < 1.29 is 22.7 Å². The summed E-state index contributed by atoms with van der Waals surface area (Å²) in [5.74, 6) is 0.899. The molecule has 1 aliphatic rings. The molecule has 1 amide bonds. The highest BCUT2D eigenvalue weighted by molar-refractivity contribution is 7.92. The van der Waals surface area contributed by atoms with E-state index in [2.05, 4.69) is 5.32 Å². The van der Waals surface area contributed by atoms with E-state index in [1.807, 2.05) is 26.0 Å². The van der Waals surface area contributed by atoms with E-state index in [1.165, 1.54) is 0 Å². The summed E-state index contributed by atoms with van der Waals surface area (Å²) in [6, 6.07) is 9.16. The predicted octanol–water partition coefficient (Wildman–Crippen LogP) is 3.84. The zero-order chi connectivity index (χ0) is 22.8. The van der Waals surface area contributed by atoms with Gasteiger partial charge in [-0.15, -0.1) is 0 Å². The predicted molar refractivity (Wildman–Crippen MR) is 122 cm³/mol. The van der Waals surface area contributed by atoms with Gasteiger partial charge in [-0.2, -0.15) is 0 Å². The number of amides is 1. The van der Waals surface area contributed by atoms with Crippen molar-refractivity contribution in [3.63, 3.8) is 0 Å². The molecule has 0 aromatic heterocycles. The number of rotatable bonds is 7. The molecule has 2 aromatic carbocycles. The molecule has 2 atom stereocenters. The van der Waals surface area contributed by atoms with Crippen LogP contribution in [0, 0.1) is 6.92 Å². The van der Waals surface area contributed by atoms with Gasteiger partial charge in [0.05, 0.1) is 18.0 Å². The molecule has 0 radical (unpaired) electrons. The van der Waals surface area contributed by atoms with Crippen LogP contribution in [-0.4, -0.2) is 39.8 Å². The van der Waals surface area contributed by atoms with Crippen molar-refractivity contribution in [1.82, 2.24) is 5.32 Å². The maximum atomic E-state index is 13.2. The Morgan fingerprint density at radius 1 is 1.16 bits per heavy atom. The maximum absolute atomic E-state index is 13.2. The van der Waals surface area contributed by atoms with Gasteiger partial charge in [-0.05, 0) is 55.7 Å². The van der Waals surface area contributed by atoms with Crippen molar-refractivity contribution >= 4 is 33.2 Å². The second kappa shape index (κ2) is 9.36. The Kier molecular flexibility index (Phi) is 7.01. The van der Waals surface area contributed by atoms with Crippen LogP contribution in [0.2, 0.25) is 5.02 Å². The van der Waals surface area contributed by atoms with Gasteiger partial charge in [0, 0.05) is 5.02 Å². The minimum Gasteiger partial charge on any atom is -0.486 e. The van der Waals surface area contributed by atoms with Gasteiger partial charge in [-0.1, -0.05) is 30.7 Å². The van der Waals surface area contributed by atoms with E-state index in [9.17, 15) is 13.2 Å². The molecule has 0 bridgehead atoms. The second-order valence-electron chi connectivity index (χ2n) is 7.55. The Morgan fingerprint density at radius 2 is 1.84 bits per heavy atom. The molecule has 31 heavy (non-hydrogen) atoms. The van der Waals surface area contributed by atoms with Gasteiger partial charge in [0.1, 0.15) is 19.3 Å². The molecule has 3 rings (SSSR count). The number of carbonyl (C=O) groups excluding carboxylic acids is 1. The van der Waals surface area contributed by atoms with Crippen molar-refractivity contribution in [3.8, 4) is 11.5 Å². The van der Waals surface area contributed by atoms with E-state index in [0.29, 0.717) is 35.4 Å². The van der Waals surface area contributed by atoms with E-state index in [-0.39, 0.29) is 12.5 Å². The standard InChI is InChI=1S/C22H27ClN2O5S/c1-5-19(25(31(4,27)28)17-8-6-14(2)18(23)13-17)22(26)24-15(3)16-7-9-20-21(12-16)30-11-10-29-20/h6-9,12-13,15,19H,5,10-11H2,1-4H3,(H,24,26)/t15-,19+/m1/s1. The van der Waals surface area contributed by atoms with Crippen LogP contribution in [0.4, 0.5) is 5.69 Å². The van der Waals surface area contributed by atoms with E-state index in [0.717, 1.165) is 21.7 Å². The number of fused-ring (bicyclic) bond motifs is 1. The third-order valence-corrected chi connectivity index (χ3v) is 6.75. The Balaban J connectivity index is 1.85. The summed E-state index contributed by atoms with van der Waals surface area (Å²) < 4.78 is 37.5. The van der Waals surface area contributed by atoms with Crippen LogP contribution < -0.4 is 19.1 Å². The number of hydrogen-bond donors (Lipinski definition) is 1. The first-order valence-corrected chi connectivity index (χ1v) is 12.3. The van der Waals surface area contributed by atoms with Crippen molar-refractivity contribution in [3.05, 3.63) is 52.5 Å². The molecule has 7 nitrogen and oxygen atoms in total. The van der Waals surface area contributed by atoms with Crippen molar-refractivity contribution in [2.45, 2.75) is 39.3 Å². The zero-order valence-corrected chi connectivity index (χ0v) is 19.6. The SMILES string of the molecule is CC[C@@H](C(=O)N[C@H](C)c1ccc2c(c1)OCCO2)N(c1ccc(C)c(Cl)c1)S(C)(=O)=O. The Labute approximate surface area is 188 Å². The summed E-state index contributed by atoms with van der Waals surface area (Å²) in [5, 5.41) is 3.36. The van der Waals surface area contributed by atoms with Crippen molar-refractivity contribution in [2.24, 2.45) is 0 Å². The minimum absolute atomic E-state index is 0.290. The number of ether oxygens (including phenoxy) is 2. The molecular weight excluding hydrogens is 440 g/mol. The molecule has 0 spiro atoms. The Bertz CT molecular complexity index is 1070. The number of aryl methyl sites for hydroxylation is 1. The lowest BCUT2D eigenvalue weighted by atomic mass is 10.1. The smallest absolute Gasteiger partial charge is 0.244 e. The monoisotopic (exact) mass is 466 g/mol. The van der Waals surface area contributed by atoms with Crippen LogP contribution in [0.15, 0.2) is 36.4 Å².